The average molecular weight is 371 g/mol. The van der Waals surface area contributed by atoms with Gasteiger partial charge in [0.1, 0.15) is 6.61 Å². The summed E-state index contributed by atoms with van der Waals surface area (Å²) in [6.45, 7) is 0.372. The molecule has 4 nitrogen and oxygen atoms in total. The zero-order valence-corrected chi connectivity index (χ0v) is 13.6. The molecule has 0 spiro atoms. The van der Waals surface area contributed by atoms with Crippen molar-refractivity contribution in [2.75, 3.05) is 7.11 Å². The molecular formula is C15H13BrClNO3. The lowest BCUT2D eigenvalue weighted by Crippen LogP contribution is -1.99. The van der Waals surface area contributed by atoms with Crippen molar-refractivity contribution in [1.82, 2.24) is 0 Å². The van der Waals surface area contributed by atoms with Crippen LogP contribution in [0.4, 0.5) is 0 Å². The monoisotopic (exact) mass is 369 g/mol. The van der Waals surface area contributed by atoms with E-state index in [1.54, 1.807) is 12.1 Å². The Morgan fingerprint density at radius 3 is 2.62 bits per heavy atom. The first-order chi connectivity index (χ1) is 10.1. The van der Waals surface area contributed by atoms with Gasteiger partial charge in [-0.1, -0.05) is 44.8 Å². The third-order valence-corrected chi connectivity index (χ3v) is 3.56. The maximum atomic E-state index is 8.57. The Kier molecular flexibility index (Phi) is 5.47. The number of hydrogen-bond donors (Lipinski definition) is 1. The summed E-state index contributed by atoms with van der Waals surface area (Å²) in [6.07, 6.45) is 1.27. The Morgan fingerprint density at radius 1 is 1.29 bits per heavy atom. The van der Waals surface area contributed by atoms with Crippen molar-refractivity contribution in [1.29, 1.82) is 0 Å². The van der Waals surface area contributed by atoms with Crippen LogP contribution in [0.5, 0.6) is 11.5 Å². The highest BCUT2D eigenvalue weighted by Crippen LogP contribution is 2.36. The van der Waals surface area contributed by atoms with Crippen molar-refractivity contribution < 1.29 is 14.7 Å². The Morgan fingerprint density at radius 2 is 2.00 bits per heavy atom. The highest BCUT2D eigenvalue weighted by atomic mass is 79.9. The van der Waals surface area contributed by atoms with Gasteiger partial charge < -0.3 is 14.7 Å². The second-order valence-electron chi connectivity index (χ2n) is 4.19. The van der Waals surface area contributed by atoms with E-state index in [0.29, 0.717) is 28.7 Å². The number of hydrogen-bond acceptors (Lipinski definition) is 4. The smallest absolute Gasteiger partial charge is 0.180 e. The SMILES string of the molecule is COc1cc(/C=N\O)cc(Cl)c1OCc1ccc(Br)cc1. The van der Waals surface area contributed by atoms with Crippen LogP contribution in [0.3, 0.4) is 0 Å². The lowest BCUT2D eigenvalue weighted by molar-refractivity contribution is 0.284. The molecule has 0 saturated heterocycles. The van der Waals surface area contributed by atoms with Gasteiger partial charge in [0.05, 0.1) is 18.3 Å². The van der Waals surface area contributed by atoms with Crippen LogP contribution in [0, 0.1) is 0 Å². The van der Waals surface area contributed by atoms with E-state index in [1.807, 2.05) is 24.3 Å². The fourth-order valence-electron chi connectivity index (χ4n) is 1.76. The van der Waals surface area contributed by atoms with Crippen LogP contribution in [0.2, 0.25) is 5.02 Å². The van der Waals surface area contributed by atoms with Crippen molar-refractivity contribution in [3.8, 4) is 11.5 Å². The number of nitrogens with zero attached hydrogens (tertiary/aromatic N) is 1. The topological polar surface area (TPSA) is 51.0 Å². The van der Waals surface area contributed by atoms with Crippen LogP contribution in [-0.4, -0.2) is 18.5 Å². The number of benzene rings is 2. The van der Waals surface area contributed by atoms with E-state index in [-0.39, 0.29) is 0 Å². The van der Waals surface area contributed by atoms with Crippen LogP contribution in [0.15, 0.2) is 46.0 Å². The lowest BCUT2D eigenvalue weighted by Gasteiger charge is -2.13. The molecule has 0 unspecified atom stereocenters. The predicted octanol–water partition coefficient (Wildman–Crippen LogP) is 4.50. The summed E-state index contributed by atoms with van der Waals surface area (Å²) in [4.78, 5) is 0. The average Bonchev–Trinajstić information content (AvgIpc) is 2.47. The number of halogens is 2. The Labute approximate surface area is 136 Å². The van der Waals surface area contributed by atoms with Gasteiger partial charge in [0.2, 0.25) is 0 Å². The molecule has 0 saturated carbocycles. The molecule has 2 rings (SSSR count). The lowest BCUT2D eigenvalue weighted by atomic mass is 10.2. The molecule has 0 bridgehead atoms. The maximum absolute atomic E-state index is 8.57. The van der Waals surface area contributed by atoms with Crippen LogP contribution in [0.1, 0.15) is 11.1 Å². The van der Waals surface area contributed by atoms with Crippen molar-refractivity contribution in [2.24, 2.45) is 5.16 Å². The maximum Gasteiger partial charge on any atom is 0.180 e. The van der Waals surface area contributed by atoms with Gasteiger partial charge in [-0.2, -0.15) is 0 Å². The van der Waals surface area contributed by atoms with Gasteiger partial charge in [-0.15, -0.1) is 0 Å². The molecular weight excluding hydrogens is 358 g/mol. The molecule has 0 aliphatic heterocycles. The number of rotatable bonds is 5. The van der Waals surface area contributed by atoms with Crippen molar-refractivity contribution in [2.45, 2.75) is 6.61 Å². The molecule has 2 aromatic carbocycles. The molecule has 0 radical (unpaired) electrons. The van der Waals surface area contributed by atoms with Gasteiger partial charge in [0, 0.05) is 10.0 Å². The number of oxime groups is 1. The summed E-state index contributed by atoms with van der Waals surface area (Å²) in [5.41, 5.74) is 1.63. The first-order valence-corrected chi connectivity index (χ1v) is 7.23. The third kappa shape index (κ3) is 4.12. The van der Waals surface area contributed by atoms with Gasteiger partial charge in [0.25, 0.3) is 0 Å². The highest BCUT2D eigenvalue weighted by molar-refractivity contribution is 9.10. The molecule has 0 aliphatic rings. The fourth-order valence-corrected chi connectivity index (χ4v) is 2.30. The van der Waals surface area contributed by atoms with E-state index < -0.39 is 0 Å². The van der Waals surface area contributed by atoms with Gasteiger partial charge in [-0.3, -0.25) is 0 Å². The minimum atomic E-state index is 0.372. The van der Waals surface area contributed by atoms with Crippen LogP contribution < -0.4 is 9.47 Å². The van der Waals surface area contributed by atoms with Crippen molar-refractivity contribution in [3.63, 3.8) is 0 Å². The molecule has 0 amide bonds. The standard InChI is InChI=1S/C15H13BrClNO3/c1-20-14-7-11(8-18-19)6-13(17)15(14)21-9-10-2-4-12(16)5-3-10/h2-8,19H,9H2,1H3/b18-8-. The normalized spacial score (nSPS) is 10.8. The highest BCUT2D eigenvalue weighted by Gasteiger charge is 2.12. The van der Waals surface area contributed by atoms with E-state index in [4.69, 9.17) is 26.3 Å². The quantitative estimate of drug-likeness (QED) is 0.479. The zero-order valence-electron chi connectivity index (χ0n) is 11.2. The van der Waals surface area contributed by atoms with Crippen LogP contribution in [-0.2, 0) is 6.61 Å². The molecule has 0 fully saturated rings. The van der Waals surface area contributed by atoms with E-state index >= 15 is 0 Å². The zero-order chi connectivity index (χ0) is 15.2. The Hall–Kier alpha value is -1.72. The van der Waals surface area contributed by atoms with E-state index in [0.717, 1.165) is 10.0 Å². The van der Waals surface area contributed by atoms with Crippen molar-refractivity contribution in [3.05, 3.63) is 57.0 Å². The van der Waals surface area contributed by atoms with E-state index in [2.05, 4.69) is 21.1 Å². The minimum absolute atomic E-state index is 0.372. The Bertz CT molecular complexity index is 644. The summed E-state index contributed by atoms with van der Waals surface area (Å²) in [5, 5.41) is 11.9. The van der Waals surface area contributed by atoms with Gasteiger partial charge in [0.15, 0.2) is 11.5 Å². The summed E-state index contributed by atoms with van der Waals surface area (Å²) in [7, 11) is 1.53. The van der Waals surface area contributed by atoms with Gasteiger partial charge in [-0.25, -0.2) is 0 Å². The fraction of sp³-hybridized carbons (Fsp3) is 0.133. The van der Waals surface area contributed by atoms with Crippen molar-refractivity contribution >= 4 is 33.7 Å². The summed E-state index contributed by atoms with van der Waals surface area (Å²) >= 11 is 9.57. The second-order valence-corrected chi connectivity index (χ2v) is 5.52. The molecule has 0 heterocycles. The van der Waals surface area contributed by atoms with Gasteiger partial charge in [-0.05, 0) is 29.8 Å². The summed E-state index contributed by atoms with van der Waals surface area (Å²) < 4.78 is 12.0. The van der Waals surface area contributed by atoms with Gasteiger partial charge >= 0.3 is 0 Å². The minimum Gasteiger partial charge on any atom is -0.493 e. The molecule has 0 atom stereocenters. The molecule has 0 aliphatic carbocycles. The molecule has 21 heavy (non-hydrogen) atoms. The van der Waals surface area contributed by atoms with Crippen LogP contribution >= 0.6 is 27.5 Å². The predicted molar refractivity (Wildman–Crippen MR) is 85.9 cm³/mol. The molecule has 0 aromatic heterocycles. The number of ether oxygens (including phenoxy) is 2. The van der Waals surface area contributed by atoms with E-state index in [1.165, 1.54) is 13.3 Å². The molecule has 6 heteroatoms. The summed E-state index contributed by atoms with van der Waals surface area (Å²) in [5.74, 6) is 0.937. The molecule has 2 aromatic rings. The van der Waals surface area contributed by atoms with E-state index in [9.17, 15) is 0 Å². The summed E-state index contributed by atoms with van der Waals surface area (Å²) in [6, 6.07) is 11.1. The Balaban J connectivity index is 2.20. The molecule has 1 N–H and O–H groups in total. The van der Waals surface area contributed by atoms with Crippen LogP contribution in [0.25, 0.3) is 0 Å². The first-order valence-electron chi connectivity index (χ1n) is 6.06. The third-order valence-electron chi connectivity index (χ3n) is 2.76. The molecule has 110 valence electrons. The number of methoxy groups -OCH3 is 1. The first kappa shape index (κ1) is 15.7. The second kappa shape index (κ2) is 7.33. The largest absolute Gasteiger partial charge is 0.493 e.